The lowest BCUT2D eigenvalue weighted by Crippen LogP contribution is -2.11. The number of hydrogen-bond donors (Lipinski definition) is 1. The number of benzene rings is 1. The Morgan fingerprint density at radius 2 is 2.10 bits per heavy atom. The Morgan fingerprint density at radius 3 is 2.70 bits per heavy atom. The van der Waals surface area contributed by atoms with E-state index in [0.717, 1.165) is 18.4 Å². The fraction of sp³-hybridized carbons (Fsp3) is 0.562. The molecule has 0 saturated heterocycles. The Kier molecular flexibility index (Phi) is 5.30. The molecule has 4 heteroatoms. The van der Waals surface area contributed by atoms with E-state index in [1.807, 2.05) is 12.1 Å². The van der Waals surface area contributed by atoms with Gasteiger partial charge in [0, 0.05) is 0 Å². The van der Waals surface area contributed by atoms with Crippen LogP contribution in [0.4, 0.5) is 0 Å². The van der Waals surface area contributed by atoms with Crippen LogP contribution in [-0.2, 0) is 9.53 Å². The molecule has 0 spiro atoms. The van der Waals surface area contributed by atoms with Crippen molar-refractivity contribution in [1.82, 2.24) is 0 Å². The number of ether oxygens (including phenoxy) is 1. The number of hydrogen-bond acceptors (Lipinski definition) is 3. The van der Waals surface area contributed by atoms with Crippen molar-refractivity contribution in [2.45, 2.75) is 50.3 Å². The molecule has 1 aromatic carbocycles. The van der Waals surface area contributed by atoms with E-state index < -0.39 is 11.3 Å². The molecule has 1 unspecified atom stereocenters. The molecule has 0 aromatic heterocycles. The lowest BCUT2D eigenvalue weighted by Gasteiger charge is -2.23. The van der Waals surface area contributed by atoms with E-state index in [0.29, 0.717) is 18.1 Å². The average molecular weight is 297 g/mol. The number of alkyl halides is 1. The van der Waals surface area contributed by atoms with E-state index in [-0.39, 0.29) is 5.75 Å². The zero-order chi connectivity index (χ0) is 14.5. The quantitative estimate of drug-likeness (QED) is 0.666. The summed E-state index contributed by atoms with van der Waals surface area (Å²) >= 11 is 6.06. The van der Waals surface area contributed by atoms with Gasteiger partial charge in [0.05, 0.1) is 6.61 Å². The summed E-state index contributed by atoms with van der Waals surface area (Å²) in [6.07, 6.45) is 5.95. The Balaban J connectivity index is 2.14. The van der Waals surface area contributed by atoms with Gasteiger partial charge in [0.1, 0.15) is 5.75 Å². The van der Waals surface area contributed by atoms with Crippen LogP contribution in [0.3, 0.4) is 0 Å². The van der Waals surface area contributed by atoms with Gasteiger partial charge >= 0.3 is 5.97 Å². The molecule has 0 aliphatic heterocycles. The van der Waals surface area contributed by atoms with Crippen LogP contribution < -0.4 is 0 Å². The van der Waals surface area contributed by atoms with Crippen LogP contribution in [0.2, 0.25) is 0 Å². The van der Waals surface area contributed by atoms with E-state index in [1.54, 1.807) is 13.0 Å². The van der Waals surface area contributed by atoms with Gasteiger partial charge in [-0.25, -0.2) is 0 Å². The third-order valence-electron chi connectivity index (χ3n) is 3.89. The van der Waals surface area contributed by atoms with Gasteiger partial charge in [-0.05, 0) is 42.9 Å². The van der Waals surface area contributed by atoms with Crippen LogP contribution >= 0.6 is 11.6 Å². The zero-order valence-electron chi connectivity index (χ0n) is 11.8. The highest BCUT2D eigenvalue weighted by molar-refractivity contribution is 6.29. The number of rotatable bonds is 4. The second-order valence-electron chi connectivity index (χ2n) is 5.27. The molecule has 2 rings (SSSR count). The molecule has 3 nitrogen and oxygen atoms in total. The summed E-state index contributed by atoms with van der Waals surface area (Å²) < 4.78 is 4.89. The van der Waals surface area contributed by atoms with Gasteiger partial charge < -0.3 is 9.84 Å². The molecular weight excluding hydrogens is 276 g/mol. The molecule has 1 fully saturated rings. The molecule has 0 radical (unpaired) electrons. The minimum atomic E-state index is -0.860. The van der Waals surface area contributed by atoms with Gasteiger partial charge in [0.25, 0.3) is 0 Å². The monoisotopic (exact) mass is 296 g/mol. The Morgan fingerprint density at radius 1 is 1.40 bits per heavy atom. The first-order chi connectivity index (χ1) is 9.63. The van der Waals surface area contributed by atoms with Crippen LogP contribution in [0.1, 0.15) is 61.4 Å². The van der Waals surface area contributed by atoms with E-state index in [2.05, 4.69) is 0 Å². The molecule has 0 bridgehead atoms. The van der Waals surface area contributed by atoms with Crippen molar-refractivity contribution < 1.29 is 14.6 Å². The molecule has 1 N–H and O–H groups in total. The van der Waals surface area contributed by atoms with Crippen molar-refractivity contribution >= 4 is 17.6 Å². The smallest absolute Gasteiger partial charge is 0.328 e. The third-order valence-corrected chi connectivity index (χ3v) is 4.32. The summed E-state index contributed by atoms with van der Waals surface area (Å²) in [5.74, 6) is 0.192. The predicted octanol–water partition coefficient (Wildman–Crippen LogP) is 4.28. The normalized spacial score (nSPS) is 17.7. The summed E-state index contributed by atoms with van der Waals surface area (Å²) in [7, 11) is 0. The van der Waals surface area contributed by atoms with Crippen LogP contribution in [0, 0.1) is 0 Å². The highest BCUT2D eigenvalue weighted by Crippen LogP contribution is 2.38. The van der Waals surface area contributed by atoms with E-state index in [9.17, 15) is 9.90 Å². The maximum atomic E-state index is 11.6. The van der Waals surface area contributed by atoms with Gasteiger partial charge in [0.15, 0.2) is 5.38 Å². The second-order valence-corrected chi connectivity index (χ2v) is 5.70. The number of phenolic OH excluding ortho intramolecular Hbond substituents is 1. The average Bonchev–Trinajstić information content (AvgIpc) is 2.47. The minimum Gasteiger partial charge on any atom is -0.508 e. The van der Waals surface area contributed by atoms with Crippen LogP contribution in [-0.4, -0.2) is 17.7 Å². The van der Waals surface area contributed by atoms with Crippen molar-refractivity contribution in [3.05, 3.63) is 29.3 Å². The predicted molar refractivity (Wildman–Crippen MR) is 79.2 cm³/mol. The molecule has 0 heterocycles. The van der Waals surface area contributed by atoms with Gasteiger partial charge in [-0.2, -0.15) is 0 Å². The third kappa shape index (κ3) is 3.45. The number of halogens is 1. The van der Waals surface area contributed by atoms with E-state index >= 15 is 0 Å². The molecule has 1 aliphatic rings. The Labute approximate surface area is 124 Å². The molecule has 1 saturated carbocycles. The van der Waals surface area contributed by atoms with Crippen LogP contribution in [0.5, 0.6) is 5.75 Å². The summed E-state index contributed by atoms with van der Waals surface area (Å²) in [5.41, 5.74) is 1.56. The fourth-order valence-corrected chi connectivity index (χ4v) is 3.03. The van der Waals surface area contributed by atoms with Gasteiger partial charge in [-0.15, -0.1) is 11.6 Å². The minimum absolute atomic E-state index is 0.240. The van der Waals surface area contributed by atoms with Crippen molar-refractivity contribution in [3.63, 3.8) is 0 Å². The highest BCUT2D eigenvalue weighted by Gasteiger charge is 2.23. The Hall–Kier alpha value is -1.22. The lowest BCUT2D eigenvalue weighted by atomic mass is 9.83. The van der Waals surface area contributed by atoms with Crippen LogP contribution in [0.25, 0.3) is 0 Å². The first kappa shape index (κ1) is 15.2. The number of esters is 1. The van der Waals surface area contributed by atoms with E-state index in [1.165, 1.54) is 19.3 Å². The van der Waals surface area contributed by atoms with Crippen molar-refractivity contribution in [2.75, 3.05) is 6.61 Å². The van der Waals surface area contributed by atoms with Crippen molar-refractivity contribution in [2.24, 2.45) is 0 Å². The molecule has 1 atom stereocenters. The maximum absolute atomic E-state index is 11.6. The molecule has 20 heavy (non-hydrogen) atoms. The summed E-state index contributed by atoms with van der Waals surface area (Å²) in [6, 6.07) is 5.31. The van der Waals surface area contributed by atoms with Crippen LogP contribution in [0.15, 0.2) is 18.2 Å². The molecule has 110 valence electrons. The van der Waals surface area contributed by atoms with Gasteiger partial charge in [-0.3, -0.25) is 4.79 Å². The maximum Gasteiger partial charge on any atom is 0.328 e. The molecule has 1 aliphatic carbocycles. The van der Waals surface area contributed by atoms with Gasteiger partial charge in [-0.1, -0.05) is 31.4 Å². The fourth-order valence-electron chi connectivity index (χ4n) is 2.83. The molecular formula is C16H21ClO3. The van der Waals surface area contributed by atoms with E-state index in [4.69, 9.17) is 16.3 Å². The standard InChI is InChI=1S/C16H21ClO3/c1-2-20-16(19)15(17)12-8-9-13(14(18)10-12)11-6-4-3-5-7-11/h8-11,15,18H,2-7H2,1H3. The Bertz CT molecular complexity index is 467. The number of aromatic hydroxyl groups is 1. The molecule has 0 amide bonds. The van der Waals surface area contributed by atoms with Crippen molar-refractivity contribution in [3.8, 4) is 5.75 Å². The van der Waals surface area contributed by atoms with Gasteiger partial charge in [0.2, 0.25) is 0 Å². The first-order valence-electron chi connectivity index (χ1n) is 7.27. The summed E-state index contributed by atoms with van der Waals surface area (Å²) in [4.78, 5) is 11.6. The summed E-state index contributed by atoms with van der Waals surface area (Å²) in [6.45, 7) is 2.04. The topological polar surface area (TPSA) is 46.5 Å². The molecule has 1 aromatic rings. The largest absolute Gasteiger partial charge is 0.508 e. The SMILES string of the molecule is CCOC(=O)C(Cl)c1ccc(C2CCCCC2)c(O)c1. The second kappa shape index (κ2) is 6.98. The number of carbonyl (C=O) groups excluding carboxylic acids is 1. The highest BCUT2D eigenvalue weighted by atomic mass is 35.5. The zero-order valence-corrected chi connectivity index (χ0v) is 12.5. The summed E-state index contributed by atoms with van der Waals surface area (Å²) in [5, 5.41) is 9.33. The first-order valence-corrected chi connectivity index (χ1v) is 7.70. The van der Waals surface area contributed by atoms with Crippen molar-refractivity contribution in [1.29, 1.82) is 0 Å². The number of carbonyl (C=O) groups is 1. The number of phenols is 1. The lowest BCUT2D eigenvalue weighted by molar-refractivity contribution is -0.142.